The molecule has 3 aliphatic heterocycles. The number of hydrogen-bond donors (Lipinski definition) is 0. The summed E-state index contributed by atoms with van der Waals surface area (Å²) in [5.41, 5.74) is 0.286. The Morgan fingerprint density at radius 1 is 0.459 bits per heavy atom. The Morgan fingerprint density at radius 3 is 1.15 bits per heavy atom. The molecule has 0 unspecified atom stereocenters. The lowest BCUT2D eigenvalue weighted by atomic mass is 9.49. The first-order chi connectivity index (χ1) is 34.2. The zero-order valence-electron chi connectivity index (χ0n) is 45.8. The molecule has 0 radical (unpaired) electrons. The van der Waals surface area contributed by atoms with Crippen LogP contribution in [0, 0.1) is 0 Å². The maximum Gasteiger partial charge on any atom is 0.495 e. The Bertz CT molecular complexity index is 2640. The molecule has 408 valence electrons. The topological polar surface area (TPSA) is 179 Å². The second kappa shape index (κ2) is 24.5. The molecule has 0 bridgehead atoms. The lowest BCUT2D eigenvalue weighted by molar-refractivity contribution is -0.0573. The smallest absolute Gasteiger partial charge is 0.457 e. The SMILES string of the molecule is CC1(C)OB(B2OC(C)(C)C(C)(C)O2)OC1(C)C.CCOCOCc1cc(Oc2ccc(S(C)(=O)=O)cc2)ccc1B1OC(C)(C)C(C)(C)O1.CCOCOCc1cc(Oc2ccc(S(C)(=O)=O)cc2)ccc1Br.[2HH]. The number of sulfone groups is 2. The maximum absolute atomic E-state index is 11.7. The summed E-state index contributed by atoms with van der Waals surface area (Å²) in [7, 11) is -7.96. The molecule has 0 atom stereocenters. The van der Waals surface area contributed by atoms with Gasteiger partial charge in [-0.05, 0) is 192 Å². The van der Waals surface area contributed by atoms with Crippen LogP contribution in [-0.4, -0.2) is 111 Å². The summed E-state index contributed by atoms with van der Waals surface area (Å²) in [6.45, 7) is 30.3. The van der Waals surface area contributed by atoms with E-state index >= 15 is 0 Å². The number of halogens is 1. The fourth-order valence-electron chi connectivity index (χ4n) is 7.06. The average molecular weight is 1130 g/mol. The van der Waals surface area contributed by atoms with Gasteiger partial charge in [0.2, 0.25) is 0 Å². The predicted octanol–water partition coefficient (Wildman–Crippen LogP) is 10.3. The maximum atomic E-state index is 11.7. The highest BCUT2D eigenvalue weighted by molar-refractivity contribution is 9.10. The van der Waals surface area contributed by atoms with E-state index in [0.717, 1.165) is 21.1 Å². The van der Waals surface area contributed by atoms with Crippen molar-refractivity contribution in [2.45, 2.75) is 154 Å². The monoisotopic (exact) mass is 1130 g/mol. The molecule has 0 saturated carbocycles. The first kappa shape index (κ1) is 61.5. The Labute approximate surface area is 450 Å². The Morgan fingerprint density at radius 2 is 0.784 bits per heavy atom. The molecule has 16 nitrogen and oxygen atoms in total. The van der Waals surface area contributed by atoms with E-state index in [2.05, 4.69) is 15.9 Å². The van der Waals surface area contributed by atoms with E-state index in [-0.39, 0.29) is 47.2 Å². The van der Waals surface area contributed by atoms with Gasteiger partial charge in [0, 0.05) is 31.6 Å². The van der Waals surface area contributed by atoms with Crippen molar-refractivity contribution in [2.75, 3.05) is 39.3 Å². The second-order valence-electron chi connectivity index (χ2n) is 21.1. The Kier molecular flexibility index (Phi) is 20.4. The molecule has 0 aliphatic carbocycles. The normalized spacial score (nSPS) is 19.1. The van der Waals surface area contributed by atoms with Crippen molar-refractivity contribution in [3.8, 4) is 23.0 Å². The van der Waals surface area contributed by atoms with Gasteiger partial charge >= 0.3 is 21.1 Å². The highest BCUT2D eigenvalue weighted by Crippen LogP contribution is 2.43. The van der Waals surface area contributed by atoms with Gasteiger partial charge in [0.1, 0.15) is 36.6 Å². The Hall–Kier alpha value is -3.35. The van der Waals surface area contributed by atoms with Crippen LogP contribution in [0.5, 0.6) is 23.0 Å². The summed E-state index contributed by atoms with van der Waals surface area (Å²) < 4.78 is 117. The van der Waals surface area contributed by atoms with Gasteiger partial charge in [0.25, 0.3) is 0 Å². The van der Waals surface area contributed by atoms with Crippen molar-refractivity contribution in [1.82, 2.24) is 0 Å². The zero-order valence-corrected chi connectivity index (χ0v) is 49.0. The Balaban J connectivity index is 0.000000252. The number of benzene rings is 4. The van der Waals surface area contributed by atoms with Crippen LogP contribution in [0.15, 0.2) is 99.2 Å². The lowest BCUT2D eigenvalue weighted by Gasteiger charge is -2.32. The molecule has 4 aromatic carbocycles. The van der Waals surface area contributed by atoms with Gasteiger partial charge in [-0.3, -0.25) is 0 Å². The van der Waals surface area contributed by atoms with Gasteiger partial charge < -0.3 is 56.3 Å². The molecular weight excluding hydrogens is 1060 g/mol. The quantitative estimate of drug-likeness (QED) is 0.0521. The molecule has 0 spiro atoms. The average Bonchev–Trinajstić information content (AvgIpc) is 3.77. The van der Waals surface area contributed by atoms with Gasteiger partial charge in [-0.2, -0.15) is 0 Å². The molecule has 22 heteroatoms. The van der Waals surface area contributed by atoms with Crippen molar-refractivity contribution in [3.05, 3.63) is 101 Å². The molecule has 3 saturated heterocycles. The highest BCUT2D eigenvalue weighted by Gasteiger charge is 2.63. The van der Waals surface area contributed by atoms with E-state index in [4.69, 9.17) is 56.3 Å². The molecule has 3 aliphatic rings. The fraction of sp³-hybridized carbons (Fsp3) is 0.538. The second-order valence-corrected chi connectivity index (χ2v) is 25.9. The van der Waals surface area contributed by atoms with Gasteiger partial charge in [-0.15, -0.1) is 0 Å². The van der Waals surface area contributed by atoms with Crippen LogP contribution in [0.2, 0.25) is 0 Å². The van der Waals surface area contributed by atoms with Gasteiger partial charge in [-0.25, -0.2) is 16.8 Å². The van der Waals surface area contributed by atoms with Crippen molar-refractivity contribution < 1.29 is 74.6 Å². The van der Waals surface area contributed by atoms with Crippen molar-refractivity contribution in [2.24, 2.45) is 0 Å². The summed E-state index contributed by atoms with van der Waals surface area (Å²) in [6.07, 6.45) is 2.35. The number of hydrogen-bond acceptors (Lipinski definition) is 16. The third kappa shape index (κ3) is 16.1. The van der Waals surface area contributed by atoms with Gasteiger partial charge in [-0.1, -0.05) is 22.0 Å². The number of rotatable bonds is 18. The number of ether oxygens (including phenoxy) is 6. The van der Waals surface area contributed by atoms with Crippen molar-refractivity contribution in [3.63, 3.8) is 0 Å². The summed E-state index contributed by atoms with van der Waals surface area (Å²) >= 11 is 3.47. The van der Waals surface area contributed by atoms with Crippen LogP contribution in [0.1, 0.15) is 109 Å². The summed E-state index contributed by atoms with van der Waals surface area (Å²) in [4.78, 5) is 0.502. The summed E-state index contributed by atoms with van der Waals surface area (Å²) in [5, 5.41) is 0. The van der Waals surface area contributed by atoms with Crippen LogP contribution in [0.4, 0.5) is 0 Å². The van der Waals surface area contributed by atoms with Crippen LogP contribution < -0.4 is 14.9 Å². The predicted molar refractivity (Wildman–Crippen MR) is 292 cm³/mol. The largest absolute Gasteiger partial charge is 0.495 e. The first-order valence-electron chi connectivity index (χ1n) is 24.5. The highest BCUT2D eigenvalue weighted by atomic mass is 79.9. The molecule has 4 aromatic rings. The van der Waals surface area contributed by atoms with E-state index in [0.29, 0.717) is 49.4 Å². The van der Waals surface area contributed by atoms with E-state index in [1.54, 1.807) is 24.3 Å². The molecule has 0 amide bonds. The third-order valence-electron chi connectivity index (χ3n) is 13.6. The van der Waals surface area contributed by atoms with Gasteiger partial charge in [0.05, 0.1) is 56.6 Å². The minimum Gasteiger partial charge on any atom is -0.457 e. The molecule has 7 rings (SSSR count). The summed E-state index contributed by atoms with van der Waals surface area (Å²) in [6, 6.07) is 23.8. The standard InChI is InChI=1S/C23H31BO7S.C17H19BrO5S.C12H24B2O4.H2/c1-7-27-16-28-15-17-14-19(29-18-8-11-20(12-9-18)32(6,25)26)10-13-21(17)24-30-22(2,3)23(4,5)31-24;1-3-21-12-22-11-13-10-15(6-9-17(13)18)23-14-4-7-16(8-5-14)24(2,19)20;1-9(2)10(3,4)16-13(15-9)14-17-11(5,6)12(7,8)18-14;/h8-14H,7,15-16H2,1-6H3;4-10H,3,11-12H2,1-2H3;1-8H3;1H/i;;;1+1. The van der Waals surface area contributed by atoms with E-state index in [1.807, 2.05) is 133 Å². The molecule has 0 aromatic heterocycles. The minimum absolute atomic E-state index is 0. The van der Waals surface area contributed by atoms with E-state index in [9.17, 15) is 16.8 Å². The van der Waals surface area contributed by atoms with Crippen LogP contribution >= 0.6 is 15.9 Å². The molecule has 3 heterocycles. The van der Waals surface area contributed by atoms with Crippen molar-refractivity contribution >= 4 is 62.2 Å². The molecule has 74 heavy (non-hydrogen) atoms. The van der Waals surface area contributed by atoms with Gasteiger partial charge in [0.15, 0.2) is 19.7 Å². The minimum atomic E-state index is -3.26. The van der Waals surface area contributed by atoms with E-state index in [1.165, 1.54) is 36.8 Å². The lowest BCUT2D eigenvalue weighted by Crippen LogP contribution is -2.41. The summed E-state index contributed by atoms with van der Waals surface area (Å²) in [5.74, 6) is 2.32. The first-order valence-corrected chi connectivity index (χ1v) is 29.0. The van der Waals surface area contributed by atoms with E-state index < -0.39 is 52.0 Å². The van der Waals surface area contributed by atoms with Crippen LogP contribution in [-0.2, 0) is 79.8 Å². The molecule has 0 N–H and O–H groups in total. The van der Waals surface area contributed by atoms with Crippen LogP contribution in [0.3, 0.4) is 0 Å². The zero-order chi connectivity index (χ0) is 55.1. The van der Waals surface area contributed by atoms with Crippen LogP contribution in [0.25, 0.3) is 0 Å². The molecule has 3 fully saturated rings. The molecular formula is C52H76B3BrO16S2. The fourth-order valence-corrected chi connectivity index (χ4v) is 8.69. The van der Waals surface area contributed by atoms with Crippen molar-refractivity contribution in [1.29, 1.82) is 0 Å². The third-order valence-corrected chi connectivity index (χ3v) is 16.7.